The maximum absolute atomic E-state index is 12.4. The van der Waals surface area contributed by atoms with E-state index in [1.54, 1.807) is 0 Å². The standard InChI is InChI=1S/C16H14I2O3/c1-9-12(10(2)14(18)15(19)13(9)17)16(20)21-8-11-6-4-3-5-7-11/h3-7,19H,8H2,1-2H3. The Kier molecular flexibility index (Phi) is 5.48. The number of benzene rings is 2. The summed E-state index contributed by atoms with van der Waals surface area (Å²) in [4.78, 5) is 12.4. The fourth-order valence-corrected chi connectivity index (χ4v) is 3.65. The van der Waals surface area contributed by atoms with E-state index in [0.29, 0.717) is 12.7 Å². The number of aromatic hydroxyl groups is 1. The van der Waals surface area contributed by atoms with Crippen LogP contribution in [0.1, 0.15) is 27.0 Å². The van der Waals surface area contributed by atoms with E-state index < -0.39 is 0 Å². The van der Waals surface area contributed by atoms with E-state index in [1.165, 1.54) is 0 Å². The van der Waals surface area contributed by atoms with E-state index in [2.05, 4.69) is 0 Å². The Balaban J connectivity index is 2.28. The van der Waals surface area contributed by atoms with Gasteiger partial charge in [0.15, 0.2) is 0 Å². The zero-order valence-electron chi connectivity index (χ0n) is 11.6. The molecule has 21 heavy (non-hydrogen) atoms. The van der Waals surface area contributed by atoms with Crippen molar-refractivity contribution in [2.75, 3.05) is 0 Å². The summed E-state index contributed by atoms with van der Waals surface area (Å²) in [5, 5.41) is 10.0. The van der Waals surface area contributed by atoms with E-state index in [4.69, 9.17) is 4.74 Å². The summed E-state index contributed by atoms with van der Waals surface area (Å²) in [6, 6.07) is 9.57. The predicted molar refractivity (Wildman–Crippen MR) is 98.6 cm³/mol. The Morgan fingerprint density at radius 3 is 2.14 bits per heavy atom. The van der Waals surface area contributed by atoms with Gasteiger partial charge in [0.2, 0.25) is 0 Å². The van der Waals surface area contributed by atoms with Gasteiger partial charge in [-0.05, 0) is 75.7 Å². The maximum Gasteiger partial charge on any atom is 0.339 e. The molecule has 0 radical (unpaired) electrons. The second-order valence-electron chi connectivity index (χ2n) is 4.66. The lowest BCUT2D eigenvalue weighted by Gasteiger charge is -2.15. The first-order valence-electron chi connectivity index (χ1n) is 6.31. The molecule has 0 aliphatic carbocycles. The lowest BCUT2D eigenvalue weighted by Crippen LogP contribution is -2.11. The van der Waals surface area contributed by atoms with E-state index in [0.717, 1.165) is 16.7 Å². The van der Waals surface area contributed by atoms with Crippen molar-refractivity contribution < 1.29 is 14.6 Å². The topological polar surface area (TPSA) is 46.5 Å². The van der Waals surface area contributed by atoms with Crippen LogP contribution < -0.4 is 0 Å². The Hall–Kier alpha value is -0.830. The first-order chi connectivity index (χ1) is 9.93. The summed E-state index contributed by atoms with van der Waals surface area (Å²) < 4.78 is 6.78. The number of carbonyl (C=O) groups excluding carboxylic acids is 1. The molecule has 2 rings (SSSR count). The Morgan fingerprint density at radius 1 is 1.10 bits per heavy atom. The molecule has 0 saturated carbocycles. The third-order valence-corrected chi connectivity index (χ3v) is 5.88. The van der Waals surface area contributed by atoms with Gasteiger partial charge >= 0.3 is 5.97 Å². The minimum absolute atomic E-state index is 0.228. The molecular formula is C16H14I2O3. The highest BCUT2D eigenvalue weighted by Crippen LogP contribution is 2.35. The molecule has 0 atom stereocenters. The summed E-state index contributed by atoms with van der Waals surface area (Å²) in [6.45, 7) is 3.89. The number of ether oxygens (including phenoxy) is 1. The van der Waals surface area contributed by atoms with Crippen LogP contribution in [0.25, 0.3) is 0 Å². The van der Waals surface area contributed by atoms with Gasteiger partial charge in [0.1, 0.15) is 12.4 Å². The van der Waals surface area contributed by atoms with Gasteiger partial charge < -0.3 is 9.84 Å². The summed E-state index contributed by atoms with van der Waals surface area (Å²) >= 11 is 4.10. The molecule has 1 N–H and O–H groups in total. The number of hydrogen-bond donors (Lipinski definition) is 1. The van der Waals surface area contributed by atoms with Crippen molar-refractivity contribution in [3.05, 3.63) is 59.7 Å². The summed E-state index contributed by atoms with van der Waals surface area (Å²) in [7, 11) is 0. The number of phenols is 1. The van der Waals surface area contributed by atoms with E-state index in [9.17, 15) is 9.90 Å². The number of carbonyl (C=O) groups is 1. The van der Waals surface area contributed by atoms with Crippen molar-refractivity contribution in [3.63, 3.8) is 0 Å². The van der Waals surface area contributed by atoms with Crippen LogP contribution in [-0.2, 0) is 11.3 Å². The number of phenolic OH excluding ortho intramolecular Hbond substituents is 1. The second-order valence-corrected chi connectivity index (χ2v) is 6.82. The van der Waals surface area contributed by atoms with Crippen molar-refractivity contribution in [2.45, 2.75) is 20.5 Å². The first kappa shape index (κ1) is 16.5. The van der Waals surface area contributed by atoms with Crippen LogP contribution in [0.15, 0.2) is 30.3 Å². The zero-order chi connectivity index (χ0) is 15.6. The molecule has 0 aliphatic rings. The molecule has 2 aromatic carbocycles. The molecule has 5 heteroatoms. The Labute approximate surface area is 151 Å². The summed E-state index contributed by atoms with van der Waals surface area (Å²) in [5.74, 6) is -0.129. The molecule has 0 heterocycles. The van der Waals surface area contributed by atoms with Gasteiger partial charge in [-0.25, -0.2) is 4.79 Å². The molecule has 2 aromatic rings. The largest absolute Gasteiger partial charge is 0.506 e. The fraction of sp³-hybridized carbons (Fsp3) is 0.188. The Bertz CT molecular complexity index is 653. The third-order valence-electron chi connectivity index (χ3n) is 3.24. The molecule has 0 spiro atoms. The average molecular weight is 508 g/mol. The third kappa shape index (κ3) is 3.50. The molecule has 0 aliphatic heterocycles. The van der Waals surface area contributed by atoms with Crippen LogP contribution in [0.2, 0.25) is 0 Å². The van der Waals surface area contributed by atoms with Crippen molar-refractivity contribution in [3.8, 4) is 5.75 Å². The molecule has 0 fully saturated rings. The molecule has 0 bridgehead atoms. The lowest BCUT2D eigenvalue weighted by atomic mass is 10.0. The monoisotopic (exact) mass is 508 g/mol. The molecule has 3 nitrogen and oxygen atoms in total. The molecule has 0 amide bonds. The number of esters is 1. The number of halogens is 2. The Morgan fingerprint density at radius 2 is 1.62 bits per heavy atom. The van der Waals surface area contributed by atoms with Crippen molar-refractivity contribution in [1.29, 1.82) is 0 Å². The molecule has 110 valence electrons. The van der Waals surface area contributed by atoms with Crippen LogP contribution in [-0.4, -0.2) is 11.1 Å². The molecule has 0 saturated heterocycles. The van der Waals surface area contributed by atoms with Crippen LogP contribution in [0.4, 0.5) is 0 Å². The minimum atomic E-state index is -0.357. The zero-order valence-corrected chi connectivity index (χ0v) is 15.9. The SMILES string of the molecule is Cc1c(I)c(O)c(I)c(C)c1C(=O)OCc1ccccc1. The van der Waals surface area contributed by atoms with Gasteiger partial charge in [0.25, 0.3) is 0 Å². The highest BCUT2D eigenvalue weighted by molar-refractivity contribution is 14.1. The quantitative estimate of drug-likeness (QED) is 0.489. The number of rotatable bonds is 3. The smallest absolute Gasteiger partial charge is 0.339 e. The van der Waals surface area contributed by atoms with E-state index in [-0.39, 0.29) is 18.3 Å². The van der Waals surface area contributed by atoms with Crippen molar-refractivity contribution in [1.82, 2.24) is 0 Å². The first-order valence-corrected chi connectivity index (χ1v) is 8.47. The maximum atomic E-state index is 12.4. The van der Waals surface area contributed by atoms with Gasteiger partial charge in [-0.1, -0.05) is 30.3 Å². The lowest BCUT2D eigenvalue weighted by molar-refractivity contribution is 0.0470. The van der Waals surface area contributed by atoms with E-state index >= 15 is 0 Å². The van der Waals surface area contributed by atoms with Gasteiger partial charge in [0, 0.05) is 0 Å². The van der Waals surface area contributed by atoms with E-state index in [1.807, 2.05) is 89.4 Å². The van der Waals surface area contributed by atoms with Crippen LogP contribution >= 0.6 is 45.2 Å². The minimum Gasteiger partial charge on any atom is -0.506 e. The molecule has 0 aromatic heterocycles. The van der Waals surface area contributed by atoms with Crippen LogP contribution in [0.5, 0.6) is 5.75 Å². The summed E-state index contributed by atoms with van der Waals surface area (Å²) in [5.41, 5.74) is 3.00. The molecule has 0 unspecified atom stereocenters. The summed E-state index contributed by atoms with van der Waals surface area (Å²) in [6.07, 6.45) is 0. The fourth-order valence-electron chi connectivity index (χ4n) is 2.05. The van der Waals surface area contributed by atoms with Gasteiger partial charge in [-0.3, -0.25) is 0 Å². The normalized spacial score (nSPS) is 10.5. The average Bonchev–Trinajstić information content (AvgIpc) is 2.50. The predicted octanol–water partition coefficient (Wildman–Crippen LogP) is 4.58. The van der Waals surface area contributed by atoms with Gasteiger partial charge in [-0.15, -0.1) is 0 Å². The highest BCUT2D eigenvalue weighted by atomic mass is 127. The molecular weight excluding hydrogens is 494 g/mol. The van der Waals surface area contributed by atoms with Crippen LogP contribution in [0, 0.1) is 21.0 Å². The second kappa shape index (κ2) is 6.95. The van der Waals surface area contributed by atoms with Gasteiger partial charge in [-0.2, -0.15) is 0 Å². The van der Waals surface area contributed by atoms with Gasteiger partial charge in [0.05, 0.1) is 12.7 Å². The highest BCUT2D eigenvalue weighted by Gasteiger charge is 2.22. The van der Waals surface area contributed by atoms with Crippen molar-refractivity contribution >= 4 is 51.2 Å². The van der Waals surface area contributed by atoms with Crippen LogP contribution in [0.3, 0.4) is 0 Å². The number of hydrogen-bond acceptors (Lipinski definition) is 3. The van der Waals surface area contributed by atoms with Crippen molar-refractivity contribution in [2.24, 2.45) is 0 Å².